The van der Waals surface area contributed by atoms with Gasteiger partial charge in [0.2, 0.25) is 6.10 Å². The second-order valence-electron chi connectivity index (χ2n) is 2.33. The highest BCUT2D eigenvalue weighted by molar-refractivity contribution is 7.95. The van der Waals surface area contributed by atoms with E-state index in [1.165, 1.54) is 0 Å². The lowest BCUT2D eigenvalue weighted by Gasteiger charge is -2.06. The van der Waals surface area contributed by atoms with Crippen LogP contribution >= 0.6 is 12.0 Å². The van der Waals surface area contributed by atoms with Gasteiger partial charge in [-0.15, -0.1) is 0 Å². The summed E-state index contributed by atoms with van der Waals surface area (Å²) in [6.07, 6.45) is 0.0925. The highest BCUT2D eigenvalue weighted by Gasteiger charge is 2.31. The fraction of sp³-hybridized carbons (Fsp3) is 0.714. The van der Waals surface area contributed by atoms with E-state index in [1.54, 1.807) is 0 Å². The first kappa shape index (κ1) is 9.38. The second-order valence-corrected chi connectivity index (χ2v) is 3.31. The van der Waals surface area contributed by atoms with Crippen LogP contribution in [0, 0.1) is 0 Å². The Balaban J connectivity index is 2.28. The summed E-state index contributed by atoms with van der Waals surface area (Å²) in [6, 6.07) is 0. The number of hydrogen-bond donors (Lipinski definition) is 0. The molecule has 0 N–H and O–H groups in total. The third-order valence-electron chi connectivity index (χ3n) is 1.41. The minimum atomic E-state index is -0.670. The fourth-order valence-corrected chi connectivity index (χ4v) is 1.20. The minimum absolute atomic E-state index is 0.316. The molecule has 1 unspecified atom stereocenters. The summed E-state index contributed by atoms with van der Waals surface area (Å²) >= 11 is 1.06. The number of hydrogen-bond acceptors (Lipinski definition) is 5. The largest absolute Gasteiger partial charge is 0.450 e. The SMILES string of the molecule is CCSOC(=O)C1CCC(=O)O1. The van der Waals surface area contributed by atoms with E-state index >= 15 is 0 Å². The lowest BCUT2D eigenvalue weighted by atomic mass is 10.2. The maximum absolute atomic E-state index is 11.0. The monoisotopic (exact) mass is 190 g/mol. The van der Waals surface area contributed by atoms with E-state index < -0.39 is 12.1 Å². The highest BCUT2D eigenvalue weighted by Crippen LogP contribution is 2.17. The van der Waals surface area contributed by atoms with Crippen molar-refractivity contribution in [3.63, 3.8) is 0 Å². The number of rotatable bonds is 3. The molecule has 0 aliphatic carbocycles. The van der Waals surface area contributed by atoms with Crippen molar-refractivity contribution in [2.75, 3.05) is 5.75 Å². The molecule has 12 heavy (non-hydrogen) atoms. The zero-order chi connectivity index (χ0) is 8.97. The molecule has 0 amide bonds. The topological polar surface area (TPSA) is 52.6 Å². The molecule has 4 nitrogen and oxygen atoms in total. The van der Waals surface area contributed by atoms with Crippen LogP contribution in [0.3, 0.4) is 0 Å². The number of carbonyl (C=O) groups excluding carboxylic acids is 2. The second kappa shape index (κ2) is 4.35. The molecular formula is C7H10O4S. The van der Waals surface area contributed by atoms with E-state index in [0.29, 0.717) is 18.6 Å². The van der Waals surface area contributed by atoms with Gasteiger partial charge in [0.1, 0.15) is 0 Å². The predicted molar refractivity (Wildman–Crippen MR) is 43.3 cm³/mol. The molecule has 1 heterocycles. The summed E-state index contributed by atoms with van der Waals surface area (Å²) in [5.74, 6) is -0.0713. The summed E-state index contributed by atoms with van der Waals surface area (Å²) in [7, 11) is 0. The normalized spacial score (nSPS) is 22.1. The molecule has 1 aliphatic heterocycles. The van der Waals surface area contributed by atoms with Crippen LogP contribution in [0.5, 0.6) is 0 Å². The molecule has 1 atom stereocenters. The Morgan fingerprint density at radius 2 is 2.58 bits per heavy atom. The maximum Gasteiger partial charge on any atom is 0.359 e. The Hall–Kier alpha value is -0.710. The molecule has 5 heteroatoms. The van der Waals surface area contributed by atoms with E-state index in [-0.39, 0.29) is 5.97 Å². The van der Waals surface area contributed by atoms with Crippen molar-refractivity contribution >= 4 is 24.0 Å². The van der Waals surface area contributed by atoms with Gasteiger partial charge >= 0.3 is 11.9 Å². The van der Waals surface area contributed by atoms with Gasteiger partial charge in [-0.05, 0) is 0 Å². The quantitative estimate of drug-likeness (QED) is 0.489. The van der Waals surface area contributed by atoms with Crippen molar-refractivity contribution in [3.05, 3.63) is 0 Å². The van der Waals surface area contributed by atoms with Gasteiger partial charge in [0.25, 0.3) is 0 Å². The number of carbonyl (C=O) groups is 2. The van der Waals surface area contributed by atoms with Crippen LogP contribution < -0.4 is 0 Å². The zero-order valence-electron chi connectivity index (χ0n) is 6.74. The van der Waals surface area contributed by atoms with Crippen LogP contribution in [0.15, 0.2) is 0 Å². The molecule has 1 saturated heterocycles. The molecule has 0 radical (unpaired) electrons. The third-order valence-corrected chi connectivity index (χ3v) is 1.92. The van der Waals surface area contributed by atoms with Gasteiger partial charge in [0.15, 0.2) is 0 Å². The summed E-state index contributed by atoms with van der Waals surface area (Å²) in [5, 5.41) is 0. The van der Waals surface area contributed by atoms with Crippen LogP contribution in [0.2, 0.25) is 0 Å². The first-order chi connectivity index (χ1) is 5.74. The Labute approximate surface area is 74.8 Å². The number of cyclic esters (lactones) is 1. The summed E-state index contributed by atoms with van der Waals surface area (Å²) in [5.41, 5.74) is 0. The van der Waals surface area contributed by atoms with Gasteiger partial charge in [-0.1, -0.05) is 6.92 Å². The van der Waals surface area contributed by atoms with Gasteiger partial charge < -0.3 is 8.92 Å². The van der Waals surface area contributed by atoms with E-state index in [1.807, 2.05) is 6.92 Å². The van der Waals surface area contributed by atoms with Gasteiger partial charge in [-0.2, -0.15) is 0 Å². The third kappa shape index (κ3) is 2.41. The molecule has 1 fully saturated rings. The standard InChI is InChI=1S/C7H10O4S/c1-2-12-11-7(9)5-3-4-6(8)10-5/h5H,2-4H2,1H3. The molecule has 0 saturated carbocycles. The number of esters is 1. The first-order valence-corrected chi connectivity index (χ1v) is 4.68. The average molecular weight is 190 g/mol. The van der Waals surface area contributed by atoms with Crippen LogP contribution in [0.25, 0.3) is 0 Å². The van der Waals surface area contributed by atoms with Crippen LogP contribution in [0.4, 0.5) is 0 Å². The highest BCUT2D eigenvalue weighted by atomic mass is 32.2. The van der Waals surface area contributed by atoms with Crippen LogP contribution in [-0.4, -0.2) is 23.8 Å². The van der Waals surface area contributed by atoms with Crippen molar-refractivity contribution < 1.29 is 18.5 Å². The molecule has 68 valence electrons. The zero-order valence-corrected chi connectivity index (χ0v) is 7.56. The molecule has 0 spiro atoms. The lowest BCUT2D eigenvalue weighted by Crippen LogP contribution is -2.20. The van der Waals surface area contributed by atoms with E-state index in [9.17, 15) is 9.59 Å². The molecule has 1 rings (SSSR count). The van der Waals surface area contributed by atoms with E-state index in [4.69, 9.17) is 8.92 Å². The van der Waals surface area contributed by atoms with Crippen LogP contribution in [0.1, 0.15) is 19.8 Å². The minimum Gasteiger partial charge on any atom is -0.450 e. The molecule has 0 aromatic rings. The van der Waals surface area contributed by atoms with Gasteiger partial charge in [0, 0.05) is 18.6 Å². The fourth-order valence-electron chi connectivity index (χ4n) is 0.862. The van der Waals surface area contributed by atoms with Crippen molar-refractivity contribution in [2.45, 2.75) is 25.9 Å². The summed E-state index contributed by atoms with van der Waals surface area (Å²) in [6.45, 7) is 1.87. The Bertz CT molecular complexity index is 192. The smallest absolute Gasteiger partial charge is 0.359 e. The Kier molecular flexibility index (Phi) is 3.40. The van der Waals surface area contributed by atoms with E-state index in [0.717, 1.165) is 12.0 Å². The van der Waals surface area contributed by atoms with Crippen molar-refractivity contribution in [3.8, 4) is 0 Å². The summed E-state index contributed by atoms with van der Waals surface area (Å²) in [4.78, 5) is 21.6. The Morgan fingerprint density at radius 3 is 3.08 bits per heavy atom. The first-order valence-electron chi connectivity index (χ1n) is 3.77. The van der Waals surface area contributed by atoms with E-state index in [2.05, 4.69) is 0 Å². The molecule has 0 bridgehead atoms. The number of ether oxygens (including phenoxy) is 1. The van der Waals surface area contributed by atoms with Crippen molar-refractivity contribution in [1.29, 1.82) is 0 Å². The average Bonchev–Trinajstić information content (AvgIpc) is 2.47. The molecule has 1 aliphatic rings. The maximum atomic E-state index is 11.0. The van der Waals surface area contributed by atoms with Gasteiger partial charge in [-0.3, -0.25) is 4.79 Å². The van der Waals surface area contributed by atoms with Crippen molar-refractivity contribution in [1.82, 2.24) is 0 Å². The summed E-state index contributed by atoms with van der Waals surface area (Å²) < 4.78 is 9.42. The molecular weight excluding hydrogens is 180 g/mol. The predicted octanol–water partition coefficient (Wildman–Crippen LogP) is 0.903. The Morgan fingerprint density at radius 1 is 1.83 bits per heavy atom. The van der Waals surface area contributed by atoms with Gasteiger partial charge in [-0.25, -0.2) is 4.79 Å². The van der Waals surface area contributed by atoms with Crippen LogP contribution in [-0.2, 0) is 18.5 Å². The van der Waals surface area contributed by atoms with Crippen molar-refractivity contribution in [2.24, 2.45) is 0 Å². The molecule has 0 aromatic heterocycles. The molecule has 0 aromatic carbocycles. The van der Waals surface area contributed by atoms with Gasteiger partial charge in [0.05, 0.1) is 12.0 Å². The lowest BCUT2D eigenvalue weighted by molar-refractivity contribution is -0.154.